The van der Waals surface area contributed by atoms with Crippen LogP contribution >= 0.6 is 12.4 Å². The summed E-state index contributed by atoms with van der Waals surface area (Å²) in [6.45, 7) is 0.616. The number of nitrogens with two attached hydrogens (primary N) is 1. The maximum Gasteiger partial charge on any atom is 0.267 e. The summed E-state index contributed by atoms with van der Waals surface area (Å²) in [5.74, 6) is 0.340. The van der Waals surface area contributed by atoms with Crippen LogP contribution in [0.5, 0.6) is 0 Å². The Labute approximate surface area is 111 Å². The van der Waals surface area contributed by atoms with Gasteiger partial charge < -0.3 is 21.0 Å². The van der Waals surface area contributed by atoms with Crippen molar-refractivity contribution in [1.82, 2.24) is 20.3 Å². The largest absolute Gasteiger partial charge is 0.369 e. The van der Waals surface area contributed by atoms with Gasteiger partial charge in [0.25, 0.3) is 5.91 Å². The van der Waals surface area contributed by atoms with Crippen LogP contribution in [-0.4, -0.2) is 27.4 Å². The summed E-state index contributed by atoms with van der Waals surface area (Å²) in [6.07, 6.45) is 5.12. The molecule has 7 heteroatoms. The van der Waals surface area contributed by atoms with Gasteiger partial charge in [-0.05, 0) is 25.0 Å². The molecule has 2 rings (SSSR count). The Hall–Kier alpha value is -1.95. The fraction of sp³-hybridized carbons (Fsp3) is 0.273. The number of hydrogen-bond donors (Lipinski definition) is 4. The van der Waals surface area contributed by atoms with E-state index in [0.717, 1.165) is 18.5 Å². The zero-order valence-corrected chi connectivity index (χ0v) is 10.6. The minimum Gasteiger partial charge on any atom is -0.369 e. The number of aryl methyl sites for hydroxylation is 1. The maximum atomic E-state index is 11.5. The molecule has 1 amide bonds. The number of aromatic amines is 2. The summed E-state index contributed by atoms with van der Waals surface area (Å²) in [5, 5.41) is 2.82. The van der Waals surface area contributed by atoms with Gasteiger partial charge >= 0.3 is 0 Å². The molecule has 98 valence electrons. The third-order valence-electron chi connectivity index (χ3n) is 2.39. The quantitative estimate of drug-likeness (QED) is 0.612. The monoisotopic (exact) mass is 269 g/mol. The van der Waals surface area contributed by atoms with Gasteiger partial charge in [0.15, 0.2) is 5.95 Å². The van der Waals surface area contributed by atoms with Crippen molar-refractivity contribution in [2.45, 2.75) is 12.8 Å². The van der Waals surface area contributed by atoms with E-state index in [1.807, 2.05) is 0 Å². The molecule has 18 heavy (non-hydrogen) atoms. The number of hydrogen-bond acceptors (Lipinski definition) is 3. The van der Waals surface area contributed by atoms with Gasteiger partial charge in [-0.1, -0.05) is 0 Å². The number of nitrogen functional groups attached to an aromatic ring is 1. The molecule has 0 aliphatic heterocycles. The van der Waals surface area contributed by atoms with Crippen LogP contribution in [0.15, 0.2) is 24.5 Å². The van der Waals surface area contributed by atoms with Crippen molar-refractivity contribution in [1.29, 1.82) is 0 Å². The summed E-state index contributed by atoms with van der Waals surface area (Å²) >= 11 is 0. The second kappa shape index (κ2) is 6.70. The number of nitrogens with one attached hydrogen (secondary N) is 3. The third kappa shape index (κ3) is 3.81. The highest BCUT2D eigenvalue weighted by atomic mass is 35.5. The average molecular weight is 270 g/mol. The summed E-state index contributed by atoms with van der Waals surface area (Å²) < 4.78 is 0. The number of nitrogens with zero attached hydrogens (tertiary/aromatic N) is 1. The molecule has 0 aliphatic rings. The van der Waals surface area contributed by atoms with Crippen molar-refractivity contribution in [3.8, 4) is 0 Å². The summed E-state index contributed by atoms with van der Waals surface area (Å²) in [5.41, 5.74) is 6.95. The lowest BCUT2D eigenvalue weighted by atomic mass is 10.2. The van der Waals surface area contributed by atoms with Gasteiger partial charge in [-0.3, -0.25) is 4.79 Å². The lowest BCUT2D eigenvalue weighted by Crippen LogP contribution is -2.25. The van der Waals surface area contributed by atoms with E-state index in [0.29, 0.717) is 18.2 Å². The Morgan fingerprint density at radius 2 is 2.28 bits per heavy atom. The number of aromatic nitrogens is 3. The van der Waals surface area contributed by atoms with Crippen LogP contribution in [-0.2, 0) is 6.42 Å². The van der Waals surface area contributed by atoms with Crippen LogP contribution in [0.25, 0.3) is 0 Å². The average Bonchev–Trinajstić information content (AvgIpc) is 2.95. The maximum absolute atomic E-state index is 11.5. The van der Waals surface area contributed by atoms with E-state index in [-0.39, 0.29) is 18.3 Å². The highest BCUT2D eigenvalue weighted by Gasteiger charge is 2.04. The number of amides is 1. The standard InChI is InChI=1S/C11H15N5O.ClH/c12-11-15-7-8(16-11)3-1-6-14-10(17)9-4-2-5-13-9;/h2,4-5,7,13H,1,3,6H2,(H,14,17)(H3,12,15,16);1H. The second-order valence-electron chi connectivity index (χ2n) is 3.72. The van der Waals surface area contributed by atoms with Crippen molar-refractivity contribution >= 4 is 24.3 Å². The van der Waals surface area contributed by atoms with E-state index in [1.54, 1.807) is 24.5 Å². The Morgan fingerprint density at radius 3 is 2.89 bits per heavy atom. The highest BCUT2D eigenvalue weighted by molar-refractivity contribution is 5.92. The first kappa shape index (κ1) is 14.1. The number of anilines is 1. The fourth-order valence-corrected chi connectivity index (χ4v) is 1.54. The van der Waals surface area contributed by atoms with Crippen LogP contribution < -0.4 is 11.1 Å². The fourth-order valence-electron chi connectivity index (χ4n) is 1.54. The molecule has 0 bridgehead atoms. The summed E-state index contributed by atoms with van der Waals surface area (Å²) in [4.78, 5) is 21.3. The van der Waals surface area contributed by atoms with Gasteiger partial charge in [0.2, 0.25) is 0 Å². The number of carbonyl (C=O) groups excluding carboxylic acids is 1. The van der Waals surface area contributed by atoms with Crippen molar-refractivity contribution in [3.63, 3.8) is 0 Å². The minimum atomic E-state index is -0.0865. The summed E-state index contributed by atoms with van der Waals surface area (Å²) in [6, 6.07) is 3.53. The Morgan fingerprint density at radius 1 is 1.44 bits per heavy atom. The predicted octanol–water partition coefficient (Wildman–Crippen LogP) is 1.10. The van der Waals surface area contributed by atoms with Crippen molar-refractivity contribution < 1.29 is 4.79 Å². The van der Waals surface area contributed by atoms with E-state index in [1.165, 1.54) is 0 Å². The van der Waals surface area contributed by atoms with Gasteiger partial charge in [-0.2, -0.15) is 0 Å². The number of halogens is 1. The van der Waals surface area contributed by atoms with E-state index in [4.69, 9.17) is 5.73 Å². The van der Waals surface area contributed by atoms with E-state index >= 15 is 0 Å². The zero-order chi connectivity index (χ0) is 12.1. The van der Waals surface area contributed by atoms with Gasteiger partial charge in [0.1, 0.15) is 5.69 Å². The molecule has 0 unspecified atom stereocenters. The molecule has 2 heterocycles. The van der Waals surface area contributed by atoms with Crippen molar-refractivity contribution in [3.05, 3.63) is 35.9 Å². The Bertz CT molecular complexity index is 479. The predicted molar refractivity (Wildman–Crippen MR) is 71.7 cm³/mol. The van der Waals surface area contributed by atoms with Crippen molar-refractivity contribution in [2.75, 3.05) is 12.3 Å². The molecular weight excluding hydrogens is 254 g/mol. The molecule has 6 nitrogen and oxygen atoms in total. The van der Waals surface area contributed by atoms with Crippen molar-refractivity contribution in [2.24, 2.45) is 0 Å². The second-order valence-corrected chi connectivity index (χ2v) is 3.72. The first-order valence-corrected chi connectivity index (χ1v) is 5.47. The molecular formula is C11H16ClN5O. The first-order valence-electron chi connectivity index (χ1n) is 5.47. The SMILES string of the molecule is Cl.Nc1nc(CCCNC(=O)c2ccc[nH]2)c[nH]1. The number of rotatable bonds is 5. The molecule has 2 aromatic rings. The van der Waals surface area contributed by atoms with Crippen LogP contribution in [0.3, 0.4) is 0 Å². The van der Waals surface area contributed by atoms with Crippen LogP contribution in [0.1, 0.15) is 22.6 Å². The summed E-state index contributed by atoms with van der Waals surface area (Å²) in [7, 11) is 0. The molecule has 0 radical (unpaired) electrons. The molecule has 0 saturated carbocycles. The van der Waals surface area contributed by atoms with Gasteiger partial charge in [0.05, 0.1) is 5.69 Å². The molecule has 5 N–H and O–H groups in total. The van der Waals surface area contributed by atoms with E-state index in [9.17, 15) is 4.79 Å². The zero-order valence-electron chi connectivity index (χ0n) is 9.77. The third-order valence-corrected chi connectivity index (χ3v) is 2.39. The van der Waals surface area contributed by atoms with E-state index in [2.05, 4.69) is 20.3 Å². The van der Waals surface area contributed by atoms with Gasteiger partial charge in [-0.25, -0.2) is 4.98 Å². The molecule has 0 fully saturated rings. The van der Waals surface area contributed by atoms with Crippen LogP contribution in [0, 0.1) is 0 Å². The Kier molecular flexibility index (Phi) is 5.26. The number of H-pyrrole nitrogens is 2. The molecule has 0 spiro atoms. The van der Waals surface area contributed by atoms with Crippen LogP contribution in [0.2, 0.25) is 0 Å². The highest BCUT2D eigenvalue weighted by Crippen LogP contribution is 2.01. The molecule has 0 saturated heterocycles. The number of carbonyl (C=O) groups is 1. The first-order chi connectivity index (χ1) is 8.25. The van der Waals surface area contributed by atoms with Gasteiger partial charge in [0, 0.05) is 18.9 Å². The number of imidazole rings is 1. The molecule has 2 aromatic heterocycles. The van der Waals surface area contributed by atoms with E-state index < -0.39 is 0 Å². The Balaban J connectivity index is 0.00000162. The minimum absolute atomic E-state index is 0. The van der Waals surface area contributed by atoms with Crippen LogP contribution in [0.4, 0.5) is 5.95 Å². The molecule has 0 aliphatic carbocycles. The normalized spacial score (nSPS) is 9.78. The topological polar surface area (TPSA) is 99.6 Å². The van der Waals surface area contributed by atoms with Gasteiger partial charge in [-0.15, -0.1) is 12.4 Å². The lowest BCUT2D eigenvalue weighted by molar-refractivity contribution is 0.0949. The lowest BCUT2D eigenvalue weighted by Gasteiger charge is -2.02. The molecule has 0 aromatic carbocycles. The smallest absolute Gasteiger partial charge is 0.267 e. The molecule has 0 atom stereocenters.